The van der Waals surface area contributed by atoms with Gasteiger partial charge in [-0.3, -0.25) is 0 Å². The molecule has 1 heterocycles. The third-order valence-corrected chi connectivity index (χ3v) is 2.36. The molecule has 0 saturated carbocycles. The Morgan fingerprint density at radius 1 is 1.55 bits per heavy atom. The van der Waals surface area contributed by atoms with Crippen LogP contribution in [-0.4, -0.2) is 20.7 Å². The molecule has 2 nitrogen and oxygen atoms in total. The molecule has 0 aromatic rings. The summed E-state index contributed by atoms with van der Waals surface area (Å²) in [5, 5.41) is 0. The highest BCUT2D eigenvalue weighted by molar-refractivity contribution is 6.68. The lowest BCUT2D eigenvalue weighted by Gasteiger charge is -2.42. The fraction of sp³-hybridized carbons (Fsp3) is 0.800. The van der Waals surface area contributed by atoms with Crippen LogP contribution in [0.15, 0.2) is 0 Å². The fourth-order valence-corrected chi connectivity index (χ4v) is 1.96. The van der Waals surface area contributed by atoms with E-state index in [-0.39, 0.29) is 0 Å². The molecule has 0 N–H and O–H groups in total. The van der Waals surface area contributed by atoms with E-state index in [4.69, 9.17) is 46.4 Å². The molecule has 0 bridgehead atoms. The molecule has 1 aliphatic heterocycles. The van der Waals surface area contributed by atoms with Gasteiger partial charge in [0.05, 0.1) is 0 Å². The molecule has 0 aromatic heterocycles. The minimum Gasteiger partial charge on any atom is -0.454 e. The number of carbonyl (C=O) groups excluding carboxylic acids is 1. The van der Waals surface area contributed by atoms with Crippen LogP contribution in [0, 0.1) is 0 Å². The van der Waals surface area contributed by atoms with Gasteiger partial charge in [-0.25, -0.2) is 4.79 Å². The number of ether oxygens (including phenoxy) is 1. The third-order valence-electron chi connectivity index (χ3n) is 1.41. The van der Waals surface area contributed by atoms with Gasteiger partial charge in [0.15, 0.2) is 11.0 Å². The van der Waals surface area contributed by atoms with E-state index in [1.54, 1.807) is 0 Å². The van der Waals surface area contributed by atoms with Crippen molar-refractivity contribution in [2.75, 3.05) is 0 Å². The van der Waals surface area contributed by atoms with E-state index >= 15 is 0 Å². The van der Waals surface area contributed by atoms with Gasteiger partial charge in [0.2, 0.25) is 3.79 Å². The second kappa shape index (κ2) is 2.56. The molecule has 0 radical (unpaired) electrons. The molecule has 1 rings (SSSR count). The van der Waals surface area contributed by atoms with Gasteiger partial charge in [-0.1, -0.05) is 34.8 Å². The van der Waals surface area contributed by atoms with Gasteiger partial charge in [0.1, 0.15) is 0 Å². The van der Waals surface area contributed by atoms with E-state index in [0.717, 1.165) is 0 Å². The van der Waals surface area contributed by atoms with Crippen LogP contribution in [0.4, 0.5) is 0 Å². The Labute approximate surface area is 83.7 Å². The van der Waals surface area contributed by atoms with Crippen molar-refractivity contribution < 1.29 is 9.53 Å². The van der Waals surface area contributed by atoms with Crippen molar-refractivity contribution in [2.45, 2.75) is 21.7 Å². The summed E-state index contributed by atoms with van der Waals surface area (Å²) in [5.41, 5.74) is 0. The third kappa shape index (κ3) is 1.55. The van der Waals surface area contributed by atoms with Crippen molar-refractivity contribution in [3.63, 3.8) is 0 Å². The summed E-state index contributed by atoms with van der Waals surface area (Å²) in [6.07, 6.45) is -0.867. The number of cyclic esters (lactones) is 1. The maximum absolute atomic E-state index is 10.7. The number of hydrogen-bond acceptors (Lipinski definition) is 2. The second-order valence-corrected chi connectivity index (χ2v) is 5.56. The van der Waals surface area contributed by atoms with Crippen LogP contribution >= 0.6 is 46.4 Å². The summed E-state index contributed by atoms with van der Waals surface area (Å²) in [6.45, 7) is 1.45. The number of carbonyl (C=O) groups is 1. The SMILES string of the molecule is CC1(Cl)C(=O)OC1C(Cl)(Cl)Cl. The van der Waals surface area contributed by atoms with Gasteiger partial charge < -0.3 is 4.74 Å². The topological polar surface area (TPSA) is 26.3 Å². The molecule has 11 heavy (non-hydrogen) atoms. The highest BCUT2D eigenvalue weighted by Crippen LogP contribution is 2.47. The Bertz CT molecular complexity index is 195. The largest absolute Gasteiger partial charge is 0.454 e. The number of rotatable bonds is 0. The predicted molar refractivity (Wildman–Crippen MR) is 44.4 cm³/mol. The van der Waals surface area contributed by atoms with Crippen molar-refractivity contribution in [1.29, 1.82) is 0 Å². The Kier molecular flexibility index (Phi) is 2.26. The van der Waals surface area contributed by atoms with E-state index in [2.05, 4.69) is 4.74 Å². The number of hydrogen-bond donors (Lipinski definition) is 0. The summed E-state index contributed by atoms with van der Waals surface area (Å²) < 4.78 is 2.90. The zero-order valence-electron chi connectivity index (χ0n) is 5.41. The van der Waals surface area contributed by atoms with E-state index in [1.807, 2.05) is 0 Å². The highest BCUT2D eigenvalue weighted by Gasteiger charge is 2.61. The van der Waals surface area contributed by atoms with Crippen LogP contribution in [0.2, 0.25) is 0 Å². The van der Waals surface area contributed by atoms with E-state index in [1.165, 1.54) is 6.92 Å². The summed E-state index contributed by atoms with van der Waals surface area (Å²) in [5.74, 6) is -0.560. The van der Waals surface area contributed by atoms with Gasteiger partial charge in [0.25, 0.3) is 0 Å². The molecule has 0 spiro atoms. The van der Waals surface area contributed by atoms with Crippen LogP contribution in [0.3, 0.4) is 0 Å². The Hall–Kier alpha value is 0.630. The van der Waals surface area contributed by atoms with E-state index in [9.17, 15) is 4.79 Å². The average molecular weight is 238 g/mol. The van der Waals surface area contributed by atoms with Crippen LogP contribution in [0.5, 0.6) is 0 Å². The maximum Gasteiger partial charge on any atom is 0.331 e. The predicted octanol–water partition coefficient (Wildman–Crippen LogP) is 2.28. The minimum atomic E-state index is -1.65. The lowest BCUT2D eigenvalue weighted by Crippen LogP contribution is -2.62. The number of halogens is 4. The molecule has 0 aliphatic carbocycles. The Balaban J connectivity index is 2.75. The molecular formula is C5H4Cl4O2. The first-order valence-corrected chi connectivity index (χ1v) is 4.24. The molecule has 0 aromatic carbocycles. The van der Waals surface area contributed by atoms with Crippen molar-refractivity contribution in [3.8, 4) is 0 Å². The highest BCUT2D eigenvalue weighted by atomic mass is 35.6. The lowest BCUT2D eigenvalue weighted by atomic mass is 10.00. The molecule has 1 fully saturated rings. The van der Waals surface area contributed by atoms with E-state index in [0.29, 0.717) is 0 Å². The number of esters is 1. The Morgan fingerprint density at radius 3 is 2.09 bits per heavy atom. The minimum absolute atomic E-state index is 0.560. The van der Waals surface area contributed by atoms with Crippen molar-refractivity contribution in [3.05, 3.63) is 0 Å². The average Bonchev–Trinajstić information content (AvgIpc) is 1.80. The van der Waals surface area contributed by atoms with Crippen LogP contribution in [-0.2, 0) is 9.53 Å². The molecule has 2 unspecified atom stereocenters. The Morgan fingerprint density at radius 2 is 2.00 bits per heavy atom. The van der Waals surface area contributed by atoms with Crippen LogP contribution < -0.4 is 0 Å². The van der Waals surface area contributed by atoms with Gasteiger partial charge >= 0.3 is 5.97 Å². The molecule has 0 amide bonds. The van der Waals surface area contributed by atoms with Crippen molar-refractivity contribution in [1.82, 2.24) is 0 Å². The van der Waals surface area contributed by atoms with Crippen LogP contribution in [0.1, 0.15) is 6.92 Å². The first-order valence-electron chi connectivity index (χ1n) is 2.73. The van der Waals surface area contributed by atoms with Gasteiger partial charge in [0, 0.05) is 0 Å². The summed E-state index contributed by atoms with van der Waals surface area (Å²) >= 11 is 22.0. The fourth-order valence-electron chi connectivity index (χ4n) is 0.756. The van der Waals surface area contributed by atoms with Gasteiger partial charge in [-0.05, 0) is 6.92 Å². The lowest BCUT2D eigenvalue weighted by molar-refractivity contribution is -0.177. The zero-order chi connectivity index (χ0) is 8.86. The molecule has 2 atom stereocenters. The second-order valence-electron chi connectivity index (χ2n) is 2.40. The maximum atomic E-state index is 10.7. The van der Waals surface area contributed by atoms with Crippen molar-refractivity contribution >= 4 is 52.4 Å². The van der Waals surface area contributed by atoms with Crippen LogP contribution in [0.25, 0.3) is 0 Å². The van der Waals surface area contributed by atoms with Gasteiger partial charge in [-0.15, -0.1) is 11.6 Å². The molecule has 64 valence electrons. The standard InChI is InChI=1S/C5H4Cl4O2/c1-4(6)2(5(7,8)9)11-3(4)10/h2H,1H3. The zero-order valence-corrected chi connectivity index (χ0v) is 8.43. The first-order chi connectivity index (χ1) is 4.76. The summed E-state index contributed by atoms with van der Waals surface area (Å²) in [6, 6.07) is 0. The molecule has 1 saturated heterocycles. The molecule has 1 aliphatic rings. The normalized spacial score (nSPS) is 37.9. The smallest absolute Gasteiger partial charge is 0.331 e. The summed E-state index contributed by atoms with van der Waals surface area (Å²) in [7, 11) is 0. The summed E-state index contributed by atoms with van der Waals surface area (Å²) in [4.78, 5) is 9.48. The van der Waals surface area contributed by atoms with Gasteiger partial charge in [-0.2, -0.15) is 0 Å². The number of alkyl halides is 4. The quantitative estimate of drug-likeness (QED) is 0.478. The molecular weight excluding hydrogens is 234 g/mol. The molecule has 6 heteroatoms. The monoisotopic (exact) mass is 236 g/mol. The van der Waals surface area contributed by atoms with Crippen molar-refractivity contribution in [2.24, 2.45) is 0 Å². The van der Waals surface area contributed by atoms with E-state index < -0.39 is 20.7 Å². The first kappa shape index (κ1) is 9.72.